The molecule has 6 heavy (non-hydrogen) atoms. The molecule has 40 valence electrons. The van der Waals surface area contributed by atoms with Gasteiger partial charge in [-0.05, 0) is 0 Å². The molecule has 0 atom stereocenters. The van der Waals surface area contributed by atoms with E-state index < -0.39 is 4.30 Å². The molecule has 0 saturated carbocycles. The second-order valence-electron chi connectivity index (χ2n) is 0.247. The standard InChI is InChI=1S/CHCl3.Cl2/c2-1(3)4;1-2/h1H;. The minimum absolute atomic E-state index is 0.750. The van der Waals surface area contributed by atoms with Crippen molar-refractivity contribution in [3.05, 3.63) is 0 Å². The fraction of sp³-hybridized carbons (Fsp3) is 1.00. The van der Waals surface area contributed by atoms with Gasteiger partial charge in [0, 0.05) is 21.7 Å². The van der Waals surface area contributed by atoms with E-state index in [1.54, 1.807) is 0 Å². The summed E-state index contributed by atoms with van der Waals surface area (Å²) in [7, 11) is 8.22. The van der Waals surface area contributed by atoms with Gasteiger partial charge in [0.05, 0.1) is 0 Å². The second-order valence-corrected chi connectivity index (χ2v) is 2.23. The SMILES string of the molecule is ClC(Cl)Cl.ClCl. The lowest BCUT2D eigenvalue weighted by Crippen LogP contribution is -1.55. The maximum atomic E-state index is 4.81. The lowest BCUT2D eigenvalue weighted by atomic mass is 11.9. The molecule has 0 heterocycles. The molecule has 0 aromatic heterocycles. The molecule has 0 aliphatic rings. The van der Waals surface area contributed by atoms with Gasteiger partial charge in [0.15, 0.2) is 4.30 Å². The number of hydrogen-bond acceptors (Lipinski definition) is 0. The third kappa shape index (κ3) is 51.3. The van der Waals surface area contributed by atoms with Gasteiger partial charge in [-0.2, -0.15) is 0 Å². The summed E-state index contributed by atoms with van der Waals surface area (Å²) < 4.78 is -0.750. The average Bonchev–Trinajstić information content (AvgIpc) is 1.41. The molecule has 0 spiro atoms. The topological polar surface area (TPSA) is 0 Å². The van der Waals surface area contributed by atoms with Crippen molar-refractivity contribution in [2.24, 2.45) is 0 Å². The molecular formula is CHCl5. The molecule has 0 nitrogen and oxygen atoms in total. The first kappa shape index (κ1) is 10.4. The van der Waals surface area contributed by atoms with Crippen LogP contribution in [0.1, 0.15) is 0 Å². The molecule has 0 saturated heterocycles. The van der Waals surface area contributed by atoms with Gasteiger partial charge in [-0.25, -0.2) is 0 Å². The van der Waals surface area contributed by atoms with Crippen LogP contribution in [0.3, 0.4) is 0 Å². The molecule has 0 aliphatic heterocycles. The summed E-state index contributed by atoms with van der Waals surface area (Å²) in [5.74, 6) is 0. The molecule has 5 heteroatoms. The Hall–Kier alpha value is 1.45. The smallest absolute Gasteiger partial charge is 0.0874 e. The predicted molar refractivity (Wildman–Crippen MR) is 33.1 cm³/mol. The van der Waals surface area contributed by atoms with Gasteiger partial charge in [-0.1, -0.05) is 34.8 Å². The summed E-state index contributed by atoms with van der Waals surface area (Å²) in [6.45, 7) is 0. The van der Waals surface area contributed by atoms with Crippen molar-refractivity contribution < 1.29 is 0 Å². The van der Waals surface area contributed by atoms with Crippen LogP contribution >= 0.6 is 56.5 Å². The van der Waals surface area contributed by atoms with Crippen LogP contribution in [0.15, 0.2) is 0 Å². The van der Waals surface area contributed by atoms with Gasteiger partial charge in [0.2, 0.25) is 0 Å². The fourth-order valence-electron chi connectivity index (χ4n) is 0. The van der Waals surface area contributed by atoms with Gasteiger partial charge in [-0.15, -0.1) is 0 Å². The molecular weight excluding hydrogens is 189 g/mol. The van der Waals surface area contributed by atoms with E-state index in [0.717, 1.165) is 0 Å². The number of halogens is 5. The first-order valence-corrected chi connectivity index (χ1v) is 3.25. The molecule has 0 fully saturated rings. The highest BCUT2D eigenvalue weighted by atomic mass is 36.5. The molecule has 0 bridgehead atoms. The summed E-state index contributed by atoms with van der Waals surface area (Å²) in [5.41, 5.74) is 0. The van der Waals surface area contributed by atoms with Crippen molar-refractivity contribution in [2.45, 2.75) is 4.30 Å². The van der Waals surface area contributed by atoms with Crippen LogP contribution in [0, 0.1) is 0 Å². The maximum Gasteiger partial charge on any atom is 0.180 e. The molecule has 0 rings (SSSR count). The Balaban J connectivity index is 0. The van der Waals surface area contributed by atoms with Gasteiger partial charge in [0.25, 0.3) is 0 Å². The minimum Gasteiger partial charge on any atom is -0.0874 e. The van der Waals surface area contributed by atoms with Crippen molar-refractivity contribution in [1.82, 2.24) is 0 Å². The van der Waals surface area contributed by atoms with Gasteiger partial charge in [0.1, 0.15) is 0 Å². The third-order valence-corrected chi connectivity index (χ3v) is 0. The van der Waals surface area contributed by atoms with Crippen LogP contribution in [-0.2, 0) is 0 Å². The van der Waals surface area contributed by atoms with Crippen LogP contribution in [0.4, 0.5) is 0 Å². The Morgan fingerprint density at radius 3 is 0.833 bits per heavy atom. The van der Waals surface area contributed by atoms with Gasteiger partial charge in [-0.3, -0.25) is 0 Å². The highest BCUT2D eigenvalue weighted by Crippen LogP contribution is 2.03. The summed E-state index contributed by atoms with van der Waals surface area (Å²) >= 11 is 14.4. The largest absolute Gasteiger partial charge is 0.180 e. The molecule has 0 amide bonds. The van der Waals surface area contributed by atoms with Crippen LogP contribution in [0.25, 0.3) is 0 Å². The maximum absolute atomic E-state index is 4.81. The van der Waals surface area contributed by atoms with Crippen LogP contribution in [-0.4, -0.2) is 4.30 Å². The third-order valence-electron chi connectivity index (χ3n) is 0. The highest BCUT2D eigenvalue weighted by Gasteiger charge is 1.78. The summed E-state index contributed by atoms with van der Waals surface area (Å²) in [4.78, 5) is 0. The van der Waals surface area contributed by atoms with Gasteiger partial charge < -0.3 is 0 Å². The minimum atomic E-state index is -0.750. The zero-order valence-corrected chi connectivity index (χ0v) is 6.25. The van der Waals surface area contributed by atoms with Crippen molar-refractivity contribution in [3.8, 4) is 0 Å². The van der Waals surface area contributed by atoms with E-state index in [1.165, 1.54) is 0 Å². The Morgan fingerprint density at radius 1 is 0.833 bits per heavy atom. The van der Waals surface area contributed by atoms with Crippen LogP contribution in [0.2, 0.25) is 0 Å². The highest BCUT2D eigenvalue weighted by molar-refractivity contribution is 6.85. The van der Waals surface area contributed by atoms with Crippen molar-refractivity contribution in [2.75, 3.05) is 0 Å². The normalized spacial score (nSPS) is 7.00. The monoisotopic (exact) mass is 188 g/mol. The Morgan fingerprint density at radius 2 is 0.833 bits per heavy atom. The van der Waals surface area contributed by atoms with E-state index >= 15 is 0 Å². The lowest BCUT2D eigenvalue weighted by molar-refractivity contribution is 1.96. The van der Waals surface area contributed by atoms with Gasteiger partial charge >= 0.3 is 0 Å². The molecule has 0 aromatic carbocycles. The van der Waals surface area contributed by atoms with E-state index in [9.17, 15) is 0 Å². The van der Waals surface area contributed by atoms with Crippen molar-refractivity contribution in [3.63, 3.8) is 0 Å². The molecule has 0 aromatic rings. The van der Waals surface area contributed by atoms with E-state index in [4.69, 9.17) is 34.8 Å². The Kier molecular flexibility index (Phi) is 16.8. The molecule has 0 radical (unpaired) electrons. The first-order valence-electron chi connectivity index (χ1n) is 0.798. The van der Waals surface area contributed by atoms with E-state index in [-0.39, 0.29) is 0 Å². The zero-order valence-electron chi connectivity index (χ0n) is 2.47. The lowest BCUT2D eigenvalue weighted by Gasteiger charge is -1.69. The van der Waals surface area contributed by atoms with E-state index in [2.05, 4.69) is 21.7 Å². The molecule has 0 N–H and O–H groups in total. The van der Waals surface area contributed by atoms with E-state index in [1.807, 2.05) is 0 Å². The summed E-state index contributed by atoms with van der Waals surface area (Å²) in [5, 5.41) is 0. The second kappa shape index (κ2) is 9.67. The quantitative estimate of drug-likeness (QED) is 0.514. The average molecular weight is 190 g/mol. The molecule has 0 unspecified atom stereocenters. The number of alkyl halides is 3. The Bertz CT molecular complexity index is 8.66. The molecule has 0 aliphatic carbocycles. The van der Waals surface area contributed by atoms with Crippen LogP contribution in [0.5, 0.6) is 0 Å². The van der Waals surface area contributed by atoms with Crippen molar-refractivity contribution >= 4 is 56.5 Å². The van der Waals surface area contributed by atoms with E-state index in [0.29, 0.717) is 0 Å². The number of rotatable bonds is 0. The Labute approximate surface area is 60.9 Å². The number of hydrogen-bond donors (Lipinski definition) is 0. The first-order chi connectivity index (χ1) is 2.73. The summed E-state index contributed by atoms with van der Waals surface area (Å²) in [6.07, 6.45) is 0. The van der Waals surface area contributed by atoms with Crippen LogP contribution < -0.4 is 0 Å². The predicted octanol–water partition coefficient (Wildman–Crippen LogP) is 3.37. The van der Waals surface area contributed by atoms with Crippen molar-refractivity contribution in [1.29, 1.82) is 0 Å². The summed E-state index contributed by atoms with van der Waals surface area (Å²) in [6, 6.07) is 0. The zero-order chi connectivity index (χ0) is 5.58. The fourth-order valence-corrected chi connectivity index (χ4v) is 0.